The summed E-state index contributed by atoms with van der Waals surface area (Å²) in [6.45, 7) is 3.71. The predicted octanol–water partition coefficient (Wildman–Crippen LogP) is 2.37. The van der Waals surface area contributed by atoms with Crippen molar-refractivity contribution in [1.82, 2.24) is 10.2 Å². The Morgan fingerprint density at radius 1 is 1.19 bits per heavy atom. The highest BCUT2D eigenvalue weighted by molar-refractivity contribution is 5.76. The predicted molar refractivity (Wildman–Crippen MR) is 97.6 cm³/mol. The lowest BCUT2D eigenvalue weighted by molar-refractivity contribution is -0.122. The number of likely N-dealkylation sites (tertiary alicyclic amines) is 1. The first-order valence-electron chi connectivity index (χ1n) is 8.99. The lowest BCUT2D eigenvalue weighted by Crippen LogP contribution is -2.46. The third-order valence-corrected chi connectivity index (χ3v) is 4.46. The van der Waals surface area contributed by atoms with Crippen molar-refractivity contribution in [3.05, 3.63) is 23.8 Å². The Labute approximate surface area is 154 Å². The summed E-state index contributed by atoms with van der Waals surface area (Å²) in [4.78, 5) is 25.3. The lowest BCUT2D eigenvalue weighted by Gasteiger charge is -2.31. The minimum absolute atomic E-state index is 0.0226. The molecule has 7 heteroatoms. The average Bonchev–Trinajstić information content (AvgIpc) is 2.67. The van der Waals surface area contributed by atoms with Gasteiger partial charge in [0.2, 0.25) is 5.91 Å². The quantitative estimate of drug-likeness (QED) is 0.804. The maximum absolute atomic E-state index is 12.2. The van der Waals surface area contributed by atoms with Gasteiger partial charge in [-0.25, -0.2) is 4.79 Å². The molecule has 7 nitrogen and oxygen atoms in total. The zero-order chi connectivity index (χ0) is 18.9. The van der Waals surface area contributed by atoms with E-state index in [-0.39, 0.29) is 18.0 Å². The normalized spacial score (nSPS) is 14.7. The van der Waals surface area contributed by atoms with Crippen molar-refractivity contribution in [2.24, 2.45) is 0 Å². The van der Waals surface area contributed by atoms with Gasteiger partial charge in [0.15, 0.2) is 11.5 Å². The Morgan fingerprint density at radius 3 is 2.54 bits per heavy atom. The minimum Gasteiger partial charge on any atom is -0.493 e. The van der Waals surface area contributed by atoms with Crippen molar-refractivity contribution in [2.45, 2.75) is 38.6 Å². The molecule has 1 aliphatic rings. The number of piperidine rings is 1. The van der Waals surface area contributed by atoms with Gasteiger partial charge in [0.25, 0.3) is 0 Å². The number of benzene rings is 1. The van der Waals surface area contributed by atoms with Gasteiger partial charge in [-0.1, -0.05) is 6.07 Å². The summed E-state index contributed by atoms with van der Waals surface area (Å²) in [6.07, 6.45) is 2.23. The van der Waals surface area contributed by atoms with Gasteiger partial charge in [-0.05, 0) is 43.9 Å². The minimum atomic E-state index is -0.306. The van der Waals surface area contributed by atoms with Gasteiger partial charge in [0.1, 0.15) is 0 Å². The fraction of sp³-hybridized carbons (Fsp3) is 0.579. The van der Waals surface area contributed by atoms with Crippen LogP contribution in [0.4, 0.5) is 4.79 Å². The summed E-state index contributed by atoms with van der Waals surface area (Å²) in [6, 6.07) is 5.85. The van der Waals surface area contributed by atoms with Crippen molar-refractivity contribution in [2.75, 3.05) is 33.9 Å². The molecule has 1 N–H and O–H groups in total. The van der Waals surface area contributed by atoms with E-state index in [2.05, 4.69) is 5.32 Å². The molecule has 1 fully saturated rings. The molecular weight excluding hydrogens is 336 g/mol. The molecule has 1 aliphatic heterocycles. The molecule has 0 unspecified atom stereocenters. The highest BCUT2D eigenvalue weighted by Gasteiger charge is 2.24. The van der Waals surface area contributed by atoms with Crippen LogP contribution < -0.4 is 14.8 Å². The number of hydrogen-bond donors (Lipinski definition) is 1. The zero-order valence-electron chi connectivity index (χ0n) is 15.7. The number of nitrogens with zero attached hydrogens (tertiary/aromatic N) is 1. The van der Waals surface area contributed by atoms with Crippen molar-refractivity contribution in [1.29, 1.82) is 0 Å². The molecule has 26 heavy (non-hydrogen) atoms. The van der Waals surface area contributed by atoms with E-state index in [1.807, 2.05) is 25.1 Å². The average molecular weight is 364 g/mol. The number of ether oxygens (including phenoxy) is 3. The van der Waals surface area contributed by atoms with E-state index in [1.54, 1.807) is 12.0 Å². The fourth-order valence-corrected chi connectivity index (χ4v) is 3.04. The highest BCUT2D eigenvalue weighted by atomic mass is 16.5. The van der Waals surface area contributed by atoms with Crippen LogP contribution in [0.1, 0.15) is 31.7 Å². The second-order valence-electron chi connectivity index (χ2n) is 6.22. The Morgan fingerprint density at radius 2 is 1.92 bits per heavy atom. The number of hydrogen-bond acceptors (Lipinski definition) is 5. The molecule has 1 aromatic carbocycles. The second kappa shape index (κ2) is 9.89. The van der Waals surface area contributed by atoms with E-state index in [1.165, 1.54) is 7.11 Å². The molecule has 1 aromatic rings. The number of nitrogens with one attached hydrogen (secondary N) is 1. The lowest BCUT2D eigenvalue weighted by atomic mass is 10.0. The largest absolute Gasteiger partial charge is 0.493 e. The van der Waals surface area contributed by atoms with Crippen LogP contribution in [0.3, 0.4) is 0 Å². The van der Waals surface area contributed by atoms with Crippen LogP contribution in [-0.4, -0.2) is 56.9 Å². The van der Waals surface area contributed by atoms with Gasteiger partial charge in [0.05, 0.1) is 20.8 Å². The Hall–Kier alpha value is -2.44. The van der Waals surface area contributed by atoms with Crippen LogP contribution >= 0.6 is 0 Å². The van der Waals surface area contributed by atoms with Crippen LogP contribution in [0.5, 0.6) is 11.5 Å². The third kappa shape index (κ3) is 5.54. The maximum atomic E-state index is 12.2. The van der Waals surface area contributed by atoms with Crippen LogP contribution in [-0.2, 0) is 16.0 Å². The van der Waals surface area contributed by atoms with Crippen LogP contribution in [0.25, 0.3) is 0 Å². The molecule has 2 rings (SSSR count). The molecular formula is C19H28N2O5. The van der Waals surface area contributed by atoms with Crippen LogP contribution in [0, 0.1) is 0 Å². The first kappa shape index (κ1) is 19.9. The Bertz CT molecular complexity index is 612. The molecule has 1 heterocycles. The third-order valence-electron chi connectivity index (χ3n) is 4.46. The SMILES string of the molecule is CCOc1ccc(CCC(=O)NC2CCN(C(=O)OC)CC2)cc1OC. The first-order chi connectivity index (χ1) is 12.6. The Kier molecular flexibility index (Phi) is 7.56. The molecule has 0 spiro atoms. The van der Waals surface area contributed by atoms with Gasteiger partial charge in [-0.3, -0.25) is 4.79 Å². The highest BCUT2D eigenvalue weighted by Crippen LogP contribution is 2.28. The fourth-order valence-electron chi connectivity index (χ4n) is 3.04. The van der Waals surface area contributed by atoms with Gasteiger partial charge in [0, 0.05) is 25.6 Å². The first-order valence-corrected chi connectivity index (χ1v) is 8.99. The zero-order valence-corrected chi connectivity index (χ0v) is 15.7. The molecule has 0 radical (unpaired) electrons. The molecule has 0 atom stereocenters. The number of aryl methyl sites for hydroxylation is 1. The van der Waals surface area contributed by atoms with Crippen molar-refractivity contribution in [3.8, 4) is 11.5 Å². The van der Waals surface area contributed by atoms with Crippen molar-refractivity contribution < 1.29 is 23.8 Å². The molecule has 0 aromatic heterocycles. The molecule has 1 saturated heterocycles. The summed E-state index contributed by atoms with van der Waals surface area (Å²) in [5.41, 5.74) is 1.03. The Balaban J connectivity index is 1.78. The number of carbonyl (C=O) groups excluding carboxylic acids is 2. The summed E-state index contributed by atoms with van der Waals surface area (Å²) in [5, 5.41) is 3.05. The maximum Gasteiger partial charge on any atom is 0.409 e. The van der Waals surface area contributed by atoms with Gasteiger partial charge < -0.3 is 24.4 Å². The standard InChI is InChI=1S/C19H28N2O5/c1-4-26-16-7-5-14(13-17(16)24-2)6-8-18(22)20-15-9-11-21(12-10-15)19(23)25-3/h5,7,13,15H,4,6,8-12H2,1-3H3,(H,20,22). The molecule has 0 saturated carbocycles. The van der Waals surface area contributed by atoms with E-state index >= 15 is 0 Å². The molecule has 0 aliphatic carbocycles. The molecule has 144 valence electrons. The summed E-state index contributed by atoms with van der Waals surface area (Å²) in [7, 11) is 2.99. The van der Waals surface area contributed by atoms with E-state index in [4.69, 9.17) is 14.2 Å². The van der Waals surface area contributed by atoms with E-state index in [9.17, 15) is 9.59 Å². The monoisotopic (exact) mass is 364 g/mol. The van der Waals surface area contributed by atoms with Gasteiger partial charge >= 0.3 is 6.09 Å². The number of rotatable bonds is 7. The topological polar surface area (TPSA) is 77.1 Å². The molecule has 2 amide bonds. The van der Waals surface area contributed by atoms with Crippen molar-refractivity contribution in [3.63, 3.8) is 0 Å². The van der Waals surface area contributed by atoms with Gasteiger partial charge in [-0.15, -0.1) is 0 Å². The van der Waals surface area contributed by atoms with Crippen LogP contribution in [0.2, 0.25) is 0 Å². The van der Waals surface area contributed by atoms with E-state index < -0.39 is 0 Å². The van der Waals surface area contributed by atoms with Gasteiger partial charge in [-0.2, -0.15) is 0 Å². The summed E-state index contributed by atoms with van der Waals surface area (Å²) in [5.74, 6) is 1.41. The summed E-state index contributed by atoms with van der Waals surface area (Å²) >= 11 is 0. The second-order valence-corrected chi connectivity index (χ2v) is 6.22. The van der Waals surface area contributed by atoms with E-state index in [0.29, 0.717) is 44.0 Å². The number of amides is 2. The number of methoxy groups -OCH3 is 2. The summed E-state index contributed by atoms with van der Waals surface area (Å²) < 4.78 is 15.6. The van der Waals surface area contributed by atoms with E-state index in [0.717, 1.165) is 18.4 Å². The smallest absolute Gasteiger partial charge is 0.409 e. The molecule has 0 bridgehead atoms. The van der Waals surface area contributed by atoms with Crippen LogP contribution in [0.15, 0.2) is 18.2 Å². The number of carbonyl (C=O) groups is 2. The van der Waals surface area contributed by atoms with Crippen molar-refractivity contribution >= 4 is 12.0 Å².